The largest absolute Gasteiger partial charge is 0.375 e. The van der Waals surface area contributed by atoms with Gasteiger partial charge in [-0.25, -0.2) is 0 Å². The third kappa shape index (κ3) is 3.72. The van der Waals surface area contributed by atoms with Gasteiger partial charge in [-0.05, 0) is 48.4 Å². The number of H-pyrrole nitrogens is 1. The number of Topliss-reactive ketones (excluding diaryl/α,β-unsaturated/α-hetero) is 1. The molecule has 1 atom stereocenters. The zero-order valence-corrected chi connectivity index (χ0v) is 19.0. The van der Waals surface area contributed by atoms with Gasteiger partial charge in [-0.15, -0.1) is 0 Å². The van der Waals surface area contributed by atoms with Gasteiger partial charge in [0.15, 0.2) is 11.4 Å². The molecule has 0 fully saturated rings. The highest BCUT2D eigenvalue weighted by molar-refractivity contribution is 6.34. The molecule has 1 aliphatic heterocycles. The van der Waals surface area contributed by atoms with Crippen LogP contribution in [-0.2, 0) is 16.8 Å². The van der Waals surface area contributed by atoms with Crippen molar-refractivity contribution in [3.05, 3.63) is 99.7 Å². The maximum absolute atomic E-state index is 13.5. The van der Waals surface area contributed by atoms with Crippen LogP contribution in [0.4, 0.5) is 5.69 Å². The highest BCUT2D eigenvalue weighted by Gasteiger charge is 2.50. The summed E-state index contributed by atoms with van der Waals surface area (Å²) in [6.07, 6.45) is 2.07. The Kier molecular flexibility index (Phi) is 5.49. The predicted molar refractivity (Wildman–Crippen MR) is 130 cm³/mol. The number of aromatic nitrogens is 1. The van der Waals surface area contributed by atoms with E-state index in [-0.39, 0.29) is 17.8 Å². The number of fused-ring (bicyclic) bond motifs is 2. The molecule has 1 aromatic heterocycles. The minimum Gasteiger partial charge on any atom is -0.375 e. The number of aromatic amines is 1. The van der Waals surface area contributed by atoms with Crippen molar-refractivity contribution in [2.24, 2.45) is 0 Å². The molecule has 0 saturated carbocycles. The topological polar surface area (TPSA) is 73.4 Å². The molecular weight excluding hydrogens is 459 g/mol. The van der Waals surface area contributed by atoms with Crippen molar-refractivity contribution < 1.29 is 14.7 Å². The monoisotopic (exact) mass is 478 g/mol. The molecule has 0 aliphatic carbocycles. The second-order valence-electron chi connectivity index (χ2n) is 8.17. The van der Waals surface area contributed by atoms with E-state index in [9.17, 15) is 14.7 Å². The van der Waals surface area contributed by atoms with E-state index in [0.717, 1.165) is 16.5 Å². The maximum atomic E-state index is 13.5. The number of halogens is 2. The van der Waals surface area contributed by atoms with Crippen LogP contribution in [0.1, 0.15) is 27.9 Å². The fourth-order valence-electron chi connectivity index (χ4n) is 4.50. The Bertz CT molecular complexity index is 1400. The van der Waals surface area contributed by atoms with Crippen LogP contribution >= 0.6 is 23.2 Å². The van der Waals surface area contributed by atoms with Gasteiger partial charge in [-0.3, -0.25) is 9.59 Å². The molecule has 5 rings (SSSR count). The molecule has 0 saturated heterocycles. The SMILES string of the molecule is O=C(C[C@]1(O)C(=O)N(CCc2c[nH]c3ccc(Cl)cc23)c2ccccc21)c1ccccc1Cl. The van der Waals surface area contributed by atoms with Gasteiger partial charge < -0.3 is 15.0 Å². The van der Waals surface area contributed by atoms with E-state index in [1.807, 2.05) is 30.5 Å². The number of hydrogen-bond donors (Lipinski definition) is 2. The van der Waals surface area contributed by atoms with Crippen molar-refractivity contribution in [1.82, 2.24) is 4.98 Å². The molecule has 0 bridgehead atoms. The minimum atomic E-state index is -1.95. The summed E-state index contributed by atoms with van der Waals surface area (Å²) in [6, 6.07) is 19.3. The number of carbonyl (C=O) groups excluding carboxylic acids is 2. The van der Waals surface area contributed by atoms with Gasteiger partial charge in [-0.1, -0.05) is 53.5 Å². The second kappa shape index (κ2) is 8.34. The maximum Gasteiger partial charge on any atom is 0.264 e. The fourth-order valence-corrected chi connectivity index (χ4v) is 4.92. The number of aliphatic hydroxyl groups is 1. The molecule has 4 aromatic rings. The van der Waals surface area contributed by atoms with E-state index in [0.29, 0.717) is 34.3 Å². The van der Waals surface area contributed by atoms with Gasteiger partial charge in [0, 0.05) is 39.8 Å². The summed E-state index contributed by atoms with van der Waals surface area (Å²) in [5, 5.41) is 13.4. The normalized spacial score (nSPS) is 17.5. The van der Waals surface area contributed by atoms with Crippen molar-refractivity contribution in [2.45, 2.75) is 18.4 Å². The van der Waals surface area contributed by atoms with Crippen molar-refractivity contribution in [2.75, 3.05) is 11.4 Å². The van der Waals surface area contributed by atoms with Crippen LogP contribution in [-0.4, -0.2) is 28.3 Å². The number of carbonyl (C=O) groups is 2. The molecule has 2 heterocycles. The van der Waals surface area contributed by atoms with Gasteiger partial charge >= 0.3 is 0 Å². The highest BCUT2D eigenvalue weighted by Crippen LogP contribution is 2.43. The Labute approximate surface area is 200 Å². The number of nitrogens with one attached hydrogen (secondary N) is 1. The summed E-state index contributed by atoms with van der Waals surface area (Å²) in [5.41, 5.74) is 1.35. The summed E-state index contributed by atoms with van der Waals surface area (Å²) in [7, 11) is 0. The van der Waals surface area contributed by atoms with Gasteiger partial charge in [-0.2, -0.15) is 0 Å². The first kappa shape index (κ1) is 21.7. The lowest BCUT2D eigenvalue weighted by atomic mass is 9.88. The van der Waals surface area contributed by atoms with Gasteiger partial charge in [0.25, 0.3) is 5.91 Å². The van der Waals surface area contributed by atoms with Crippen LogP contribution in [0.25, 0.3) is 10.9 Å². The van der Waals surface area contributed by atoms with E-state index < -0.39 is 11.5 Å². The molecule has 5 nitrogen and oxygen atoms in total. The van der Waals surface area contributed by atoms with E-state index in [1.165, 1.54) is 0 Å². The summed E-state index contributed by atoms with van der Waals surface area (Å²) in [5.74, 6) is -0.902. The molecule has 166 valence electrons. The number of ketones is 1. The lowest BCUT2D eigenvalue weighted by molar-refractivity contribution is -0.135. The zero-order valence-electron chi connectivity index (χ0n) is 17.5. The quantitative estimate of drug-likeness (QED) is 0.358. The van der Waals surface area contributed by atoms with Crippen LogP contribution in [0.3, 0.4) is 0 Å². The number of anilines is 1. The van der Waals surface area contributed by atoms with Crippen molar-refractivity contribution in [3.63, 3.8) is 0 Å². The van der Waals surface area contributed by atoms with E-state index in [4.69, 9.17) is 23.2 Å². The minimum absolute atomic E-state index is 0.284. The van der Waals surface area contributed by atoms with Crippen LogP contribution in [0.5, 0.6) is 0 Å². The number of nitrogens with zero attached hydrogens (tertiary/aromatic N) is 1. The lowest BCUT2D eigenvalue weighted by Gasteiger charge is -2.23. The van der Waals surface area contributed by atoms with Crippen LogP contribution in [0.2, 0.25) is 10.0 Å². The average Bonchev–Trinajstić information content (AvgIpc) is 3.29. The van der Waals surface area contributed by atoms with Gasteiger partial charge in [0.2, 0.25) is 0 Å². The number of hydrogen-bond acceptors (Lipinski definition) is 3. The smallest absolute Gasteiger partial charge is 0.264 e. The molecule has 0 radical (unpaired) electrons. The third-order valence-corrected chi connectivity index (χ3v) is 6.73. The van der Waals surface area contributed by atoms with Crippen LogP contribution in [0, 0.1) is 0 Å². The Hall–Kier alpha value is -3.12. The summed E-state index contributed by atoms with van der Waals surface area (Å²) < 4.78 is 0. The first-order valence-corrected chi connectivity index (χ1v) is 11.3. The van der Waals surface area contributed by atoms with Gasteiger partial charge in [0.1, 0.15) is 0 Å². The molecule has 7 heteroatoms. The first-order chi connectivity index (χ1) is 15.9. The lowest BCUT2D eigenvalue weighted by Crippen LogP contribution is -2.42. The second-order valence-corrected chi connectivity index (χ2v) is 9.01. The number of para-hydroxylation sites is 1. The van der Waals surface area contributed by atoms with Crippen molar-refractivity contribution in [3.8, 4) is 0 Å². The first-order valence-electron chi connectivity index (χ1n) is 10.6. The molecule has 2 N–H and O–H groups in total. The van der Waals surface area contributed by atoms with Crippen LogP contribution < -0.4 is 4.90 Å². The van der Waals surface area contributed by atoms with E-state index in [2.05, 4.69) is 4.98 Å². The fraction of sp³-hybridized carbons (Fsp3) is 0.154. The molecule has 1 aliphatic rings. The molecule has 33 heavy (non-hydrogen) atoms. The molecular formula is C26H20Cl2N2O3. The van der Waals surface area contributed by atoms with E-state index in [1.54, 1.807) is 47.4 Å². The van der Waals surface area contributed by atoms with Crippen LogP contribution in [0.15, 0.2) is 72.9 Å². The number of benzene rings is 3. The Morgan fingerprint density at radius 3 is 2.61 bits per heavy atom. The molecule has 3 aromatic carbocycles. The average molecular weight is 479 g/mol. The van der Waals surface area contributed by atoms with Crippen molar-refractivity contribution >= 4 is 51.5 Å². The molecule has 0 unspecified atom stereocenters. The summed E-state index contributed by atoms with van der Waals surface area (Å²) in [6.45, 7) is 0.345. The van der Waals surface area contributed by atoms with E-state index >= 15 is 0 Å². The highest BCUT2D eigenvalue weighted by atomic mass is 35.5. The molecule has 0 spiro atoms. The predicted octanol–water partition coefficient (Wildman–Crippen LogP) is 5.52. The van der Waals surface area contributed by atoms with Gasteiger partial charge in [0.05, 0.1) is 17.1 Å². The Morgan fingerprint density at radius 1 is 1.03 bits per heavy atom. The summed E-state index contributed by atoms with van der Waals surface area (Å²) in [4.78, 5) is 31.2. The molecule has 1 amide bonds. The standard InChI is InChI=1S/C26H20Cl2N2O3/c27-17-9-10-22-19(13-17)16(15-29-22)11-12-30-23-8-4-2-6-20(23)26(33,25(30)32)14-24(31)18-5-1-3-7-21(18)28/h1-10,13,15,29,33H,11-12,14H2/t26-/m1/s1. The Morgan fingerprint density at radius 2 is 1.79 bits per heavy atom. The number of amides is 1. The Balaban J connectivity index is 1.44. The number of rotatable bonds is 6. The third-order valence-electron chi connectivity index (χ3n) is 6.16. The van der Waals surface area contributed by atoms with Crippen molar-refractivity contribution in [1.29, 1.82) is 0 Å². The zero-order chi connectivity index (χ0) is 23.2. The summed E-state index contributed by atoms with van der Waals surface area (Å²) >= 11 is 12.3.